The fourth-order valence-electron chi connectivity index (χ4n) is 4.34. The summed E-state index contributed by atoms with van der Waals surface area (Å²) < 4.78 is 8.89. The van der Waals surface area contributed by atoms with E-state index >= 15 is 0 Å². The Morgan fingerprint density at radius 1 is 1.20 bits per heavy atom. The van der Waals surface area contributed by atoms with Gasteiger partial charge in [-0.15, -0.1) is 0 Å². The van der Waals surface area contributed by atoms with Crippen molar-refractivity contribution in [1.82, 2.24) is 19.4 Å². The standard InChI is InChI=1S/C26H31ClN4O3Se/c1-26(2,3)34-25(33)30(14-9-15-35-20-12-5-4-6-13-20)23(32)21-16-18-17-28-24(27)29-22(18)31(21)19-10-7-8-11-19/h4-6,12-13,16-17,19H,7-11,14-15H2,1-3H3. The van der Waals surface area contributed by atoms with Crippen molar-refractivity contribution in [1.29, 1.82) is 0 Å². The average molecular weight is 562 g/mol. The summed E-state index contributed by atoms with van der Waals surface area (Å²) in [5.74, 6) is -0.368. The first-order valence-electron chi connectivity index (χ1n) is 12.0. The third-order valence-corrected chi connectivity index (χ3v) is 8.34. The van der Waals surface area contributed by atoms with Gasteiger partial charge in [0.2, 0.25) is 0 Å². The summed E-state index contributed by atoms with van der Waals surface area (Å²) in [6, 6.07) is 12.2. The average Bonchev–Trinajstić information content (AvgIpc) is 3.45. The number of fused-ring (bicyclic) bond motifs is 1. The number of carbonyl (C=O) groups excluding carboxylic acids is 2. The number of benzene rings is 1. The molecule has 0 bridgehead atoms. The molecular weight excluding hydrogens is 531 g/mol. The van der Waals surface area contributed by atoms with E-state index in [9.17, 15) is 9.59 Å². The first-order valence-corrected chi connectivity index (χ1v) is 14.4. The molecule has 2 amide bonds. The number of rotatable bonds is 7. The van der Waals surface area contributed by atoms with E-state index in [0.717, 1.165) is 36.4 Å². The molecule has 1 aliphatic rings. The molecule has 3 aromatic rings. The number of halogens is 1. The van der Waals surface area contributed by atoms with Gasteiger partial charge in [0.25, 0.3) is 0 Å². The molecule has 186 valence electrons. The molecular formula is C26H31ClN4O3Se. The zero-order chi connectivity index (χ0) is 25.0. The molecule has 35 heavy (non-hydrogen) atoms. The van der Waals surface area contributed by atoms with Crippen LogP contribution in [0.15, 0.2) is 42.6 Å². The maximum absolute atomic E-state index is 13.9. The van der Waals surface area contributed by atoms with Crippen molar-refractivity contribution < 1.29 is 14.3 Å². The molecule has 1 aromatic carbocycles. The molecule has 0 aliphatic heterocycles. The number of nitrogens with zero attached hydrogens (tertiary/aromatic N) is 4. The molecule has 2 aromatic heterocycles. The minimum absolute atomic E-state index is 0.138. The fourth-order valence-corrected chi connectivity index (χ4v) is 6.27. The van der Waals surface area contributed by atoms with Gasteiger partial charge in [0, 0.05) is 0 Å². The molecule has 0 atom stereocenters. The predicted molar refractivity (Wildman–Crippen MR) is 139 cm³/mol. The van der Waals surface area contributed by atoms with Crippen molar-refractivity contribution in [2.75, 3.05) is 6.54 Å². The topological polar surface area (TPSA) is 77.3 Å². The second kappa shape index (κ2) is 11.1. The molecule has 7 nitrogen and oxygen atoms in total. The van der Waals surface area contributed by atoms with Gasteiger partial charge in [-0.2, -0.15) is 0 Å². The van der Waals surface area contributed by atoms with E-state index < -0.39 is 11.7 Å². The summed E-state index contributed by atoms with van der Waals surface area (Å²) in [6.45, 7) is 5.71. The monoisotopic (exact) mass is 562 g/mol. The molecule has 2 heterocycles. The SMILES string of the molecule is CC(C)(C)OC(=O)N(CCC[Se]c1ccccc1)C(=O)c1cc2cnc(Cl)nc2n1C1CCCC1. The first-order chi connectivity index (χ1) is 16.7. The zero-order valence-corrected chi connectivity index (χ0v) is 22.8. The van der Waals surface area contributed by atoms with E-state index in [-0.39, 0.29) is 32.2 Å². The maximum atomic E-state index is 13.9. The Balaban J connectivity index is 1.61. The summed E-state index contributed by atoms with van der Waals surface area (Å²) in [4.78, 5) is 36.8. The second-order valence-electron chi connectivity index (χ2n) is 9.71. The van der Waals surface area contributed by atoms with Crippen molar-refractivity contribution in [2.45, 2.75) is 69.8 Å². The van der Waals surface area contributed by atoms with Gasteiger partial charge in [0.1, 0.15) is 0 Å². The van der Waals surface area contributed by atoms with Crippen LogP contribution in [0.2, 0.25) is 10.6 Å². The Kier molecular flexibility index (Phi) is 8.15. The van der Waals surface area contributed by atoms with E-state index in [2.05, 4.69) is 22.1 Å². The molecule has 4 rings (SSSR count). The molecule has 0 saturated heterocycles. The van der Waals surface area contributed by atoms with Crippen LogP contribution < -0.4 is 4.46 Å². The molecule has 0 radical (unpaired) electrons. The van der Waals surface area contributed by atoms with Gasteiger partial charge in [-0.3, -0.25) is 0 Å². The Hall–Kier alpha value is -2.41. The van der Waals surface area contributed by atoms with Crippen molar-refractivity contribution in [3.63, 3.8) is 0 Å². The van der Waals surface area contributed by atoms with Crippen LogP contribution in [-0.2, 0) is 4.74 Å². The van der Waals surface area contributed by atoms with Gasteiger partial charge >= 0.3 is 218 Å². The number of hydrogen-bond donors (Lipinski definition) is 0. The van der Waals surface area contributed by atoms with Crippen molar-refractivity contribution in [2.24, 2.45) is 0 Å². The first kappa shape index (κ1) is 25.7. The Morgan fingerprint density at radius 2 is 1.91 bits per heavy atom. The zero-order valence-electron chi connectivity index (χ0n) is 20.4. The van der Waals surface area contributed by atoms with E-state index in [1.54, 1.807) is 33.0 Å². The van der Waals surface area contributed by atoms with Gasteiger partial charge in [-0.05, 0) is 0 Å². The number of carbonyl (C=O) groups is 2. The second-order valence-corrected chi connectivity index (χ2v) is 12.5. The van der Waals surface area contributed by atoms with Crippen molar-refractivity contribution in [3.8, 4) is 0 Å². The number of aromatic nitrogens is 3. The summed E-state index contributed by atoms with van der Waals surface area (Å²) in [5, 5.41) is 1.79. The van der Waals surface area contributed by atoms with Gasteiger partial charge < -0.3 is 0 Å². The van der Waals surface area contributed by atoms with E-state index in [1.165, 1.54) is 9.36 Å². The van der Waals surface area contributed by atoms with E-state index in [1.807, 2.05) is 22.8 Å². The van der Waals surface area contributed by atoms with Gasteiger partial charge in [-0.25, -0.2) is 0 Å². The number of imide groups is 1. The summed E-state index contributed by atoms with van der Waals surface area (Å²) in [6.07, 6.45) is 5.81. The van der Waals surface area contributed by atoms with Crippen LogP contribution in [0.5, 0.6) is 0 Å². The predicted octanol–water partition coefficient (Wildman–Crippen LogP) is 5.42. The van der Waals surface area contributed by atoms with Crippen LogP contribution in [0, 0.1) is 0 Å². The Labute approximate surface area is 217 Å². The van der Waals surface area contributed by atoms with Crippen LogP contribution in [0.3, 0.4) is 0 Å². The van der Waals surface area contributed by atoms with Crippen LogP contribution in [-0.4, -0.2) is 58.5 Å². The number of ether oxygens (including phenoxy) is 1. The Morgan fingerprint density at radius 3 is 2.60 bits per heavy atom. The van der Waals surface area contributed by atoms with Gasteiger partial charge in [0.05, 0.1) is 0 Å². The quantitative estimate of drug-likeness (QED) is 0.219. The van der Waals surface area contributed by atoms with Crippen LogP contribution in [0.1, 0.15) is 69.4 Å². The van der Waals surface area contributed by atoms with Gasteiger partial charge in [0.15, 0.2) is 0 Å². The van der Waals surface area contributed by atoms with E-state index in [0.29, 0.717) is 24.3 Å². The number of hydrogen-bond acceptors (Lipinski definition) is 5. The van der Waals surface area contributed by atoms with Crippen LogP contribution >= 0.6 is 11.6 Å². The third kappa shape index (κ3) is 6.43. The minimum atomic E-state index is -0.708. The van der Waals surface area contributed by atoms with Crippen LogP contribution in [0.25, 0.3) is 11.0 Å². The fraction of sp³-hybridized carbons (Fsp3) is 0.462. The molecule has 1 aliphatic carbocycles. The molecule has 0 N–H and O–H groups in total. The van der Waals surface area contributed by atoms with Crippen molar-refractivity contribution in [3.05, 3.63) is 53.6 Å². The summed E-state index contributed by atoms with van der Waals surface area (Å²) in [5.41, 5.74) is 0.362. The molecule has 1 saturated carbocycles. The van der Waals surface area contributed by atoms with E-state index in [4.69, 9.17) is 16.3 Å². The molecule has 0 unspecified atom stereocenters. The molecule has 9 heteroatoms. The van der Waals surface area contributed by atoms with Crippen LogP contribution in [0.4, 0.5) is 4.79 Å². The van der Waals surface area contributed by atoms with Crippen molar-refractivity contribution >= 4 is 54.1 Å². The van der Waals surface area contributed by atoms with Gasteiger partial charge in [-0.1, -0.05) is 0 Å². The molecule has 0 spiro atoms. The normalized spacial score (nSPS) is 14.4. The summed E-state index contributed by atoms with van der Waals surface area (Å²) in [7, 11) is 0. The Bertz CT molecular complexity index is 1190. The number of amides is 2. The summed E-state index contributed by atoms with van der Waals surface area (Å²) >= 11 is 6.38. The molecule has 1 fully saturated rings. The third-order valence-electron chi connectivity index (χ3n) is 5.85.